The molecule has 0 bridgehead atoms. The molecule has 0 radical (unpaired) electrons. The molecule has 1 amide bonds. The molecule has 1 fully saturated rings. The summed E-state index contributed by atoms with van der Waals surface area (Å²) in [6.07, 6.45) is 3.42. The lowest BCUT2D eigenvalue weighted by atomic mass is 9.89. The highest BCUT2D eigenvalue weighted by molar-refractivity contribution is 6.06. The first kappa shape index (κ1) is 14.8. The van der Waals surface area contributed by atoms with E-state index in [1.54, 1.807) is 18.7 Å². The Morgan fingerprint density at radius 2 is 2.22 bits per heavy atom. The molecule has 0 aliphatic carbocycles. The SMILES string of the molecule is CC(C)(C(=O)N1CCCC1CCCO)C(N)=NO. The van der Waals surface area contributed by atoms with E-state index in [4.69, 9.17) is 16.0 Å². The lowest BCUT2D eigenvalue weighted by Crippen LogP contribution is -2.49. The summed E-state index contributed by atoms with van der Waals surface area (Å²) in [5, 5.41) is 20.5. The lowest BCUT2D eigenvalue weighted by Gasteiger charge is -2.32. The van der Waals surface area contributed by atoms with Gasteiger partial charge >= 0.3 is 0 Å². The third kappa shape index (κ3) is 2.93. The number of hydrogen-bond acceptors (Lipinski definition) is 4. The zero-order valence-corrected chi connectivity index (χ0v) is 11.1. The molecule has 0 spiro atoms. The van der Waals surface area contributed by atoms with Crippen molar-refractivity contribution in [2.24, 2.45) is 16.3 Å². The molecule has 1 rings (SSSR count). The van der Waals surface area contributed by atoms with Gasteiger partial charge in [0.2, 0.25) is 5.91 Å². The van der Waals surface area contributed by atoms with Crippen LogP contribution in [0.2, 0.25) is 0 Å². The second-order valence-corrected chi connectivity index (χ2v) is 5.27. The Balaban J connectivity index is 2.76. The molecular weight excluding hydrogens is 234 g/mol. The van der Waals surface area contributed by atoms with Crippen molar-refractivity contribution in [3.8, 4) is 0 Å². The zero-order chi connectivity index (χ0) is 13.8. The zero-order valence-electron chi connectivity index (χ0n) is 11.1. The van der Waals surface area contributed by atoms with Crippen LogP contribution in [0.5, 0.6) is 0 Å². The summed E-state index contributed by atoms with van der Waals surface area (Å²) in [7, 11) is 0. The van der Waals surface area contributed by atoms with Crippen LogP contribution >= 0.6 is 0 Å². The van der Waals surface area contributed by atoms with Crippen molar-refractivity contribution in [3.05, 3.63) is 0 Å². The number of rotatable bonds is 5. The molecule has 1 aliphatic rings. The van der Waals surface area contributed by atoms with Crippen LogP contribution < -0.4 is 5.73 Å². The predicted molar refractivity (Wildman–Crippen MR) is 68.2 cm³/mol. The van der Waals surface area contributed by atoms with Crippen LogP contribution in [0.4, 0.5) is 0 Å². The lowest BCUT2D eigenvalue weighted by molar-refractivity contribution is -0.138. The standard InChI is InChI=1S/C12H23N3O3/c1-12(2,10(13)14-18)11(17)15-7-3-5-9(15)6-4-8-16/h9,16,18H,3-8H2,1-2H3,(H2,13,14). The number of amidine groups is 1. The maximum absolute atomic E-state index is 12.4. The second kappa shape index (κ2) is 6.04. The van der Waals surface area contributed by atoms with Gasteiger partial charge in [-0.1, -0.05) is 5.16 Å². The number of hydrogen-bond donors (Lipinski definition) is 3. The molecular formula is C12H23N3O3. The minimum Gasteiger partial charge on any atom is -0.409 e. The third-order valence-corrected chi connectivity index (χ3v) is 3.62. The van der Waals surface area contributed by atoms with Crippen molar-refractivity contribution in [1.29, 1.82) is 0 Å². The number of aliphatic hydroxyl groups excluding tert-OH is 1. The maximum Gasteiger partial charge on any atom is 0.236 e. The van der Waals surface area contributed by atoms with Gasteiger partial charge in [-0.05, 0) is 39.5 Å². The van der Waals surface area contributed by atoms with Gasteiger partial charge in [-0.3, -0.25) is 4.79 Å². The fraction of sp³-hybridized carbons (Fsp3) is 0.833. The number of nitrogens with two attached hydrogens (primary N) is 1. The van der Waals surface area contributed by atoms with Gasteiger partial charge in [0.05, 0.1) is 0 Å². The quantitative estimate of drug-likeness (QED) is 0.289. The van der Waals surface area contributed by atoms with Crippen LogP contribution in [0.1, 0.15) is 39.5 Å². The Bertz CT molecular complexity index is 329. The van der Waals surface area contributed by atoms with Crippen LogP contribution in [0, 0.1) is 5.41 Å². The first-order chi connectivity index (χ1) is 8.45. The summed E-state index contributed by atoms with van der Waals surface area (Å²) in [6, 6.07) is 0.162. The van der Waals surface area contributed by atoms with E-state index in [9.17, 15) is 4.79 Å². The largest absolute Gasteiger partial charge is 0.409 e. The monoisotopic (exact) mass is 257 g/mol. The molecule has 1 unspecified atom stereocenters. The smallest absolute Gasteiger partial charge is 0.236 e. The fourth-order valence-corrected chi connectivity index (χ4v) is 2.32. The molecule has 1 aliphatic heterocycles. The van der Waals surface area contributed by atoms with Gasteiger partial charge in [-0.25, -0.2) is 0 Å². The van der Waals surface area contributed by atoms with Crippen molar-refractivity contribution in [2.45, 2.75) is 45.6 Å². The minimum absolute atomic E-state index is 0.0692. The van der Waals surface area contributed by atoms with E-state index >= 15 is 0 Å². The molecule has 0 aromatic rings. The molecule has 104 valence electrons. The van der Waals surface area contributed by atoms with Crippen LogP contribution in [0.3, 0.4) is 0 Å². The van der Waals surface area contributed by atoms with Gasteiger partial charge in [0.1, 0.15) is 5.41 Å². The van der Waals surface area contributed by atoms with Crippen LogP contribution in [-0.2, 0) is 4.79 Å². The van der Waals surface area contributed by atoms with Gasteiger partial charge in [-0.2, -0.15) is 0 Å². The van der Waals surface area contributed by atoms with Crippen LogP contribution in [0.25, 0.3) is 0 Å². The number of aliphatic hydroxyl groups is 1. The Morgan fingerprint density at radius 3 is 2.78 bits per heavy atom. The van der Waals surface area contributed by atoms with E-state index in [0.29, 0.717) is 13.0 Å². The van der Waals surface area contributed by atoms with Crippen molar-refractivity contribution in [1.82, 2.24) is 4.90 Å². The minimum atomic E-state index is -0.990. The normalized spacial score (nSPS) is 21.4. The van der Waals surface area contributed by atoms with Crippen molar-refractivity contribution >= 4 is 11.7 Å². The number of carbonyl (C=O) groups is 1. The Hall–Kier alpha value is -1.30. The molecule has 4 N–H and O–H groups in total. The molecule has 0 aromatic carbocycles. The summed E-state index contributed by atoms with van der Waals surface area (Å²) >= 11 is 0. The van der Waals surface area contributed by atoms with Gasteiger partial charge in [-0.15, -0.1) is 0 Å². The second-order valence-electron chi connectivity index (χ2n) is 5.27. The van der Waals surface area contributed by atoms with Crippen molar-refractivity contribution in [2.75, 3.05) is 13.2 Å². The van der Waals surface area contributed by atoms with E-state index in [0.717, 1.165) is 19.3 Å². The molecule has 1 heterocycles. The van der Waals surface area contributed by atoms with E-state index in [1.807, 2.05) is 0 Å². The van der Waals surface area contributed by atoms with Gasteiger partial charge in [0, 0.05) is 19.2 Å². The average Bonchev–Trinajstić information content (AvgIpc) is 2.82. The van der Waals surface area contributed by atoms with Crippen molar-refractivity contribution in [3.63, 3.8) is 0 Å². The summed E-state index contributed by atoms with van der Waals surface area (Å²) in [6.45, 7) is 4.16. The third-order valence-electron chi connectivity index (χ3n) is 3.62. The number of carbonyl (C=O) groups excluding carboxylic acids is 1. The fourth-order valence-electron chi connectivity index (χ4n) is 2.32. The van der Waals surface area contributed by atoms with E-state index < -0.39 is 5.41 Å². The van der Waals surface area contributed by atoms with Crippen LogP contribution in [0.15, 0.2) is 5.16 Å². The highest BCUT2D eigenvalue weighted by Crippen LogP contribution is 2.28. The van der Waals surface area contributed by atoms with Gasteiger partial charge < -0.3 is 20.9 Å². The highest BCUT2D eigenvalue weighted by Gasteiger charge is 2.40. The van der Waals surface area contributed by atoms with E-state index in [1.165, 1.54) is 0 Å². The Morgan fingerprint density at radius 1 is 1.56 bits per heavy atom. The number of likely N-dealkylation sites (tertiary alicyclic amines) is 1. The van der Waals surface area contributed by atoms with E-state index in [2.05, 4.69) is 5.16 Å². The maximum atomic E-state index is 12.4. The topological polar surface area (TPSA) is 99.2 Å². The Labute approximate surface area is 107 Å². The summed E-state index contributed by atoms with van der Waals surface area (Å²) in [4.78, 5) is 14.2. The van der Waals surface area contributed by atoms with E-state index in [-0.39, 0.29) is 24.4 Å². The van der Waals surface area contributed by atoms with Gasteiger partial charge in [0.15, 0.2) is 5.84 Å². The molecule has 6 heteroatoms. The Kier molecular flexibility index (Phi) is 4.95. The molecule has 1 atom stereocenters. The van der Waals surface area contributed by atoms with Crippen LogP contribution in [-0.4, -0.2) is 46.1 Å². The first-order valence-corrected chi connectivity index (χ1v) is 6.35. The average molecular weight is 257 g/mol. The molecule has 6 nitrogen and oxygen atoms in total. The predicted octanol–water partition coefficient (Wildman–Crippen LogP) is 0.523. The summed E-state index contributed by atoms with van der Waals surface area (Å²) in [5.74, 6) is -0.182. The first-order valence-electron chi connectivity index (χ1n) is 6.35. The summed E-state index contributed by atoms with van der Waals surface area (Å²) in [5.41, 5.74) is 4.59. The molecule has 1 saturated heterocycles. The summed E-state index contributed by atoms with van der Waals surface area (Å²) < 4.78 is 0. The molecule has 18 heavy (non-hydrogen) atoms. The van der Waals surface area contributed by atoms with Gasteiger partial charge in [0.25, 0.3) is 0 Å². The highest BCUT2D eigenvalue weighted by atomic mass is 16.4. The number of oxime groups is 1. The number of nitrogens with zero attached hydrogens (tertiary/aromatic N) is 2. The van der Waals surface area contributed by atoms with Crippen molar-refractivity contribution < 1.29 is 15.1 Å². The molecule has 0 saturated carbocycles. The number of amides is 1. The molecule has 0 aromatic heterocycles.